The number of carbonyl (C=O) groups is 1. The molecule has 0 unspecified atom stereocenters. The lowest BCUT2D eigenvalue weighted by Gasteiger charge is -2.34. The van der Waals surface area contributed by atoms with Crippen LogP contribution in [0.3, 0.4) is 0 Å². The van der Waals surface area contributed by atoms with Crippen LogP contribution in [0, 0.1) is 0 Å². The second-order valence-electron chi connectivity index (χ2n) is 7.06. The van der Waals surface area contributed by atoms with Gasteiger partial charge in [-0.2, -0.15) is 4.80 Å². The van der Waals surface area contributed by atoms with Gasteiger partial charge < -0.3 is 10.6 Å². The number of nitrogens with one attached hydrogen (secondary N) is 2. The van der Waals surface area contributed by atoms with Gasteiger partial charge in [0.2, 0.25) is 5.82 Å². The van der Waals surface area contributed by atoms with Crippen molar-refractivity contribution in [1.82, 2.24) is 30.4 Å². The summed E-state index contributed by atoms with van der Waals surface area (Å²) in [6, 6.07) is 15.9. The SMILES string of the molecule is CN1Cc2ccccc2C[C@@H]1CNC(=O)Nc1cccc(-c2nnn(C)n2)c1. The summed E-state index contributed by atoms with van der Waals surface area (Å²) in [5.74, 6) is 0.522. The number of fused-ring (bicyclic) bond motifs is 1. The Morgan fingerprint density at radius 3 is 2.75 bits per heavy atom. The fourth-order valence-electron chi connectivity index (χ4n) is 3.47. The maximum atomic E-state index is 12.4. The van der Waals surface area contributed by atoms with Crippen molar-refractivity contribution in [2.75, 3.05) is 18.9 Å². The molecular weight excluding hydrogens is 354 g/mol. The molecule has 2 amide bonds. The number of amides is 2. The van der Waals surface area contributed by atoms with Gasteiger partial charge in [0, 0.05) is 30.4 Å². The smallest absolute Gasteiger partial charge is 0.319 e. The molecule has 2 N–H and O–H groups in total. The van der Waals surface area contributed by atoms with E-state index in [1.807, 2.05) is 24.3 Å². The van der Waals surface area contributed by atoms with Crippen molar-refractivity contribution in [1.29, 1.82) is 0 Å². The first-order valence-corrected chi connectivity index (χ1v) is 9.25. The van der Waals surface area contributed by atoms with Crippen molar-refractivity contribution < 1.29 is 4.79 Å². The van der Waals surface area contributed by atoms with Crippen LogP contribution in [0.1, 0.15) is 11.1 Å². The van der Waals surface area contributed by atoms with Gasteiger partial charge in [-0.05, 0) is 41.9 Å². The Labute approximate surface area is 163 Å². The summed E-state index contributed by atoms with van der Waals surface area (Å²) >= 11 is 0. The van der Waals surface area contributed by atoms with Crippen LogP contribution in [0.5, 0.6) is 0 Å². The van der Waals surface area contributed by atoms with Gasteiger partial charge in [-0.1, -0.05) is 36.4 Å². The van der Waals surface area contributed by atoms with Gasteiger partial charge in [0.15, 0.2) is 0 Å². The number of hydrogen-bond donors (Lipinski definition) is 2. The third-order valence-corrected chi connectivity index (χ3v) is 5.00. The number of urea groups is 1. The zero-order valence-corrected chi connectivity index (χ0v) is 16.0. The number of likely N-dealkylation sites (N-methyl/N-ethyl adjacent to an activating group) is 1. The third kappa shape index (κ3) is 4.01. The Hall–Kier alpha value is -3.26. The molecule has 4 rings (SSSR count). The summed E-state index contributed by atoms with van der Waals surface area (Å²) < 4.78 is 0. The summed E-state index contributed by atoms with van der Waals surface area (Å²) in [4.78, 5) is 16.1. The van der Waals surface area contributed by atoms with E-state index in [1.54, 1.807) is 7.05 Å². The van der Waals surface area contributed by atoms with Crippen LogP contribution in [0.25, 0.3) is 11.4 Å². The molecule has 8 nitrogen and oxygen atoms in total. The molecule has 0 saturated carbocycles. The minimum atomic E-state index is -0.225. The number of nitrogens with zero attached hydrogens (tertiary/aromatic N) is 5. The van der Waals surface area contributed by atoms with Gasteiger partial charge in [-0.15, -0.1) is 10.2 Å². The molecule has 0 aliphatic carbocycles. The van der Waals surface area contributed by atoms with Crippen LogP contribution in [0.15, 0.2) is 48.5 Å². The first-order valence-electron chi connectivity index (χ1n) is 9.25. The molecule has 0 spiro atoms. The molecule has 1 aliphatic heterocycles. The Kier molecular flexibility index (Phi) is 5.03. The number of aromatic nitrogens is 4. The van der Waals surface area contributed by atoms with Gasteiger partial charge in [0.25, 0.3) is 0 Å². The highest BCUT2D eigenvalue weighted by Crippen LogP contribution is 2.22. The van der Waals surface area contributed by atoms with E-state index >= 15 is 0 Å². The van der Waals surface area contributed by atoms with Crippen LogP contribution < -0.4 is 10.6 Å². The highest BCUT2D eigenvalue weighted by molar-refractivity contribution is 5.89. The summed E-state index contributed by atoms with van der Waals surface area (Å²) in [7, 11) is 3.81. The van der Waals surface area contributed by atoms with Crippen molar-refractivity contribution in [2.45, 2.75) is 19.0 Å². The first kappa shape index (κ1) is 18.1. The molecule has 144 valence electrons. The Balaban J connectivity index is 1.35. The molecule has 1 aromatic heterocycles. The van der Waals surface area contributed by atoms with Crippen LogP contribution in [0.2, 0.25) is 0 Å². The minimum absolute atomic E-state index is 0.225. The van der Waals surface area contributed by atoms with E-state index in [0.717, 1.165) is 18.5 Å². The van der Waals surface area contributed by atoms with E-state index in [1.165, 1.54) is 15.9 Å². The number of benzene rings is 2. The molecule has 2 aromatic carbocycles. The van der Waals surface area contributed by atoms with E-state index in [-0.39, 0.29) is 12.1 Å². The molecule has 3 aromatic rings. The highest BCUT2D eigenvalue weighted by Gasteiger charge is 2.23. The molecule has 0 fully saturated rings. The average Bonchev–Trinajstić information content (AvgIpc) is 3.13. The number of carbonyl (C=O) groups excluding carboxylic acids is 1. The molecule has 0 radical (unpaired) electrons. The highest BCUT2D eigenvalue weighted by atomic mass is 16.2. The fraction of sp³-hybridized carbons (Fsp3) is 0.300. The monoisotopic (exact) mass is 377 g/mol. The standard InChI is InChI=1S/C20H23N7O/c1-26-13-16-7-4-3-6-14(16)11-18(26)12-21-20(28)22-17-9-5-8-15(10-17)19-23-25-27(2)24-19/h3-10,18H,11-13H2,1-2H3,(H2,21,22,28)/t18-/m1/s1. The van der Waals surface area contributed by atoms with E-state index in [2.05, 4.69) is 62.3 Å². The molecular formula is C20H23N7O. The van der Waals surface area contributed by atoms with Crippen molar-refractivity contribution in [3.05, 3.63) is 59.7 Å². The van der Waals surface area contributed by atoms with E-state index in [0.29, 0.717) is 18.1 Å². The maximum Gasteiger partial charge on any atom is 0.319 e. The van der Waals surface area contributed by atoms with Crippen LogP contribution in [-0.2, 0) is 20.0 Å². The van der Waals surface area contributed by atoms with Crippen LogP contribution in [0.4, 0.5) is 10.5 Å². The zero-order chi connectivity index (χ0) is 19.5. The lowest BCUT2D eigenvalue weighted by molar-refractivity contribution is 0.207. The molecule has 28 heavy (non-hydrogen) atoms. The van der Waals surface area contributed by atoms with Crippen molar-refractivity contribution in [3.63, 3.8) is 0 Å². The van der Waals surface area contributed by atoms with Gasteiger partial charge in [0.1, 0.15) is 0 Å². The normalized spacial score (nSPS) is 16.4. The molecule has 8 heteroatoms. The molecule has 2 heterocycles. The Morgan fingerprint density at radius 1 is 1.14 bits per heavy atom. The van der Waals surface area contributed by atoms with Gasteiger partial charge >= 0.3 is 6.03 Å². The molecule has 1 aliphatic rings. The third-order valence-electron chi connectivity index (χ3n) is 5.00. The largest absolute Gasteiger partial charge is 0.336 e. The van der Waals surface area contributed by atoms with E-state index < -0.39 is 0 Å². The second kappa shape index (κ2) is 7.77. The van der Waals surface area contributed by atoms with Gasteiger partial charge in [-0.3, -0.25) is 4.90 Å². The van der Waals surface area contributed by atoms with Crippen molar-refractivity contribution in [2.24, 2.45) is 7.05 Å². The lowest BCUT2D eigenvalue weighted by atomic mass is 9.94. The summed E-state index contributed by atoms with van der Waals surface area (Å²) in [5, 5.41) is 17.9. The number of aryl methyl sites for hydroxylation is 1. The zero-order valence-electron chi connectivity index (χ0n) is 16.0. The lowest BCUT2D eigenvalue weighted by Crippen LogP contribution is -2.46. The first-order chi connectivity index (χ1) is 13.6. The topological polar surface area (TPSA) is 88.0 Å². The van der Waals surface area contributed by atoms with Gasteiger partial charge in [-0.25, -0.2) is 4.79 Å². The molecule has 0 saturated heterocycles. The van der Waals surface area contributed by atoms with Crippen molar-refractivity contribution >= 4 is 11.7 Å². The summed E-state index contributed by atoms with van der Waals surface area (Å²) in [5.41, 5.74) is 4.21. The quantitative estimate of drug-likeness (QED) is 0.727. The van der Waals surface area contributed by atoms with Crippen molar-refractivity contribution in [3.8, 4) is 11.4 Å². The summed E-state index contributed by atoms with van der Waals surface area (Å²) in [6.07, 6.45) is 0.931. The fourth-order valence-corrected chi connectivity index (χ4v) is 3.47. The number of tetrazole rings is 1. The second-order valence-corrected chi connectivity index (χ2v) is 7.06. The molecule has 1 atom stereocenters. The minimum Gasteiger partial charge on any atom is -0.336 e. The van der Waals surface area contributed by atoms with E-state index in [9.17, 15) is 4.79 Å². The predicted octanol–water partition coefficient (Wildman–Crippen LogP) is 2.06. The van der Waals surface area contributed by atoms with Crippen LogP contribution >= 0.6 is 0 Å². The Bertz CT molecular complexity index is 984. The van der Waals surface area contributed by atoms with Crippen LogP contribution in [-0.4, -0.2) is 50.8 Å². The predicted molar refractivity (Wildman–Crippen MR) is 107 cm³/mol. The van der Waals surface area contributed by atoms with E-state index in [4.69, 9.17) is 0 Å². The average molecular weight is 377 g/mol. The maximum absolute atomic E-state index is 12.4. The molecule has 0 bridgehead atoms. The Morgan fingerprint density at radius 2 is 1.96 bits per heavy atom. The number of hydrogen-bond acceptors (Lipinski definition) is 5. The number of rotatable bonds is 4. The summed E-state index contributed by atoms with van der Waals surface area (Å²) in [6.45, 7) is 1.49. The number of anilines is 1. The van der Waals surface area contributed by atoms with Gasteiger partial charge in [0.05, 0.1) is 7.05 Å².